The van der Waals surface area contributed by atoms with E-state index >= 15 is 0 Å². The van der Waals surface area contributed by atoms with Gasteiger partial charge in [0.1, 0.15) is 0 Å². The molecule has 6 heteroatoms. The van der Waals surface area contributed by atoms with Gasteiger partial charge in [-0.15, -0.1) is 0 Å². The first-order valence-electron chi connectivity index (χ1n) is 11.9. The van der Waals surface area contributed by atoms with Crippen LogP contribution in [0.3, 0.4) is 0 Å². The first-order valence-corrected chi connectivity index (χ1v) is 11.9. The van der Waals surface area contributed by atoms with Crippen LogP contribution < -0.4 is 0 Å². The zero-order valence-electron chi connectivity index (χ0n) is 19.4. The molecular weight excluding hydrogens is 424 g/mol. The molecule has 1 saturated heterocycles. The minimum Gasteiger partial charge on any atom is -0.346 e. The second-order valence-electron chi connectivity index (χ2n) is 8.58. The molecule has 34 heavy (non-hydrogen) atoms. The minimum atomic E-state index is -0.0370. The molecule has 0 N–H and O–H groups in total. The second kappa shape index (κ2) is 11.3. The number of para-hydroxylation sites is 1. The third kappa shape index (κ3) is 5.74. The lowest BCUT2D eigenvalue weighted by Crippen LogP contribution is -2.50. The summed E-state index contributed by atoms with van der Waals surface area (Å²) in [7, 11) is 0. The predicted molar refractivity (Wildman–Crippen MR) is 134 cm³/mol. The molecule has 0 bridgehead atoms. The number of benzene rings is 2. The molecule has 2 aromatic carbocycles. The second-order valence-corrected chi connectivity index (χ2v) is 8.58. The van der Waals surface area contributed by atoms with Crippen LogP contribution in [0.25, 0.3) is 17.0 Å². The standard InChI is InChI=1S/C28H30N4O2/c29-16-7-17-32-22-24(25-11-4-5-12-26(25)32)14-15-28(34)31-20-18-30(19-21-31)27(33)13-6-10-23-8-2-1-3-9-23/h1-5,8-9,11-12,14-15,22H,6-7,10,13,17-21H2/b15-14+. The van der Waals surface area contributed by atoms with Gasteiger partial charge in [-0.25, -0.2) is 0 Å². The monoisotopic (exact) mass is 454 g/mol. The molecule has 1 aliphatic heterocycles. The summed E-state index contributed by atoms with van der Waals surface area (Å²) in [5.41, 5.74) is 3.28. The normalized spacial score (nSPS) is 14.0. The summed E-state index contributed by atoms with van der Waals surface area (Å²) >= 11 is 0. The number of piperazine rings is 1. The number of hydrogen-bond acceptors (Lipinski definition) is 3. The van der Waals surface area contributed by atoms with Gasteiger partial charge in [0, 0.05) is 67.9 Å². The highest BCUT2D eigenvalue weighted by atomic mass is 16.2. The van der Waals surface area contributed by atoms with E-state index in [1.807, 2.05) is 59.6 Å². The first kappa shape index (κ1) is 23.3. The number of nitriles is 1. The van der Waals surface area contributed by atoms with Crippen molar-refractivity contribution < 1.29 is 9.59 Å². The van der Waals surface area contributed by atoms with Crippen molar-refractivity contribution in [2.45, 2.75) is 32.2 Å². The molecular formula is C28H30N4O2. The van der Waals surface area contributed by atoms with Crippen LogP contribution in [0.2, 0.25) is 0 Å². The number of carbonyl (C=O) groups excluding carboxylic acids is 2. The molecule has 0 unspecified atom stereocenters. The lowest BCUT2D eigenvalue weighted by Gasteiger charge is -2.34. The van der Waals surface area contributed by atoms with Crippen molar-refractivity contribution in [3.63, 3.8) is 0 Å². The topological polar surface area (TPSA) is 69.3 Å². The molecule has 0 radical (unpaired) electrons. The number of aromatic nitrogens is 1. The maximum Gasteiger partial charge on any atom is 0.246 e. The van der Waals surface area contributed by atoms with Crippen LogP contribution >= 0.6 is 0 Å². The van der Waals surface area contributed by atoms with Crippen LogP contribution in [-0.4, -0.2) is 52.4 Å². The van der Waals surface area contributed by atoms with E-state index in [0.29, 0.717) is 45.6 Å². The SMILES string of the molecule is N#CCCn1cc(/C=C/C(=O)N2CCN(C(=O)CCCc3ccccc3)CC2)c2ccccc21. The zero-order chi connectivity index (χ0) is 23.8. The Morgan fingerprint density at radius 1 is 0.941 bits per heavy atom. The van der Waals surface area contributed by atoms with Crippen molar-refractivity contribution in [2.75, 3.05) is 26.2 Å². The molecule has 1 aliphatic rings. The number of nitrogens with zero attached hydrogens (tertiary/aromatic N) is 4. The van der Waals surface area contributed by atoms with Gasteiger partial charge in [-0.1, -0.05) is 48.5 Å². The fourth-order valence-corrected chi connectivity index (χ4v) is 4.45. The Morgan fingerprint density at radius 3 is 2.41 bits per heavy atom. The van der Waals surface area contributed by atoms with Gasteiger partial charge in [-0.3, -0.25) is 9.59 Å². The first-order chi connectivity index (χ1) is 16.7. The third-order valence-electron chi connectivity index (χ3n) is 6.33. The highest BCUT2D eigenvalue weighted by Gasteiger charge is 2.22. The van der Waals surface area contributed by atoms with Crippen molar-refractivity contribution in [1.29, 1.82) is 5.26 Å². The third-order valence-corrected chi connectivity index (χ3v) is 6.33. The molecule has 0 spiro atoms. The number of rotatable bonds is 8. The van der Waals surface area contributed by atoms with Crippen molar-refractivity contribution in [2.24, 2.45) is 0 Å². The molecule has 4 rings (SSSR count). The molecule has 2 amide bonds. The average molecular weight is 455 g/mol. The summed E-state index contributed by atoms with van der Waals surface area (Å²) in [5.74, 6) is 0.133. The van der Waals surface area contributed by atoms with Crippen molar-refractivity contribution in [3.05, 3.63) is 78.0 Å². The van der Waals surface area contributed by atoms with E-state index in [-0.39, 0.29) is 11.8 Å². The summed E-state index contributed by atoms with van der Waals surface area (Å²) in [5, 5.41) is 9.98. The fourth-order valence-electron chi connectivity index (χ4n) is 4.45. The summed E-state index contributed by atoms with van der Waals surface area (Å²) < 4.78 is 2.06. The van der Waals surface area contributed by atoms with Crippen molar-refractivity contribution in [3.8, 4) is 6.07 Å². The average Bonchev–Trinajstić information content (AvgIpc) is 3.24. The van der Waals surface area contributed by atoms with Crippen molar-refractivity contribution >= 4 is 28.8 Å². The zero-order valence-corrected chi connectivity index (χ0v) is 19.4. The van der Waals surface area contributed by atoms with Gasteiger partial charge >= 0.3 is 0 Å². The van der Waals surface area contributed by atoms with Crippen LogP contribution in [-0.2, 0) is 22.6 Å². The maximum atomic E-state index is 12.8. The molecule has 3 aromatic rings. The molecule has 1 aromatic heterocycles. The van der Waals surface area contributed by atoms with E-state index in [1.54, 1.807) is 11.0 Å². The van der Waals surface area contributed by atoms with Gasteiger partial charge in [0.05, 0.1) is 12.5 Å². The summed E-state index contributed by atoms with van der Waals surface area (Å²) in [6.07, 6.45) is 8.20. The van der Waals surface area contributed by atoms with Gasteiger partial charge in [-0.05, 0) is 30.5 Å². The van der Waals surface area contributed by atoms with E-state index in [9.17, 15) is 9.59 Å². The van der Waals surface area contributed by atoms with Gasteiger partial charge in [0.15, 0.2) is 0 Å². The number of amides is 2. The largest absolute Gasteiger partial charge is 0.346 e. The van der Waals surface area contributed by atoms with Crippen LogP contribution in [0.1, 0.15) is 30.4 Å². The molecule has 0 saturated carbocycles. The van der Waals surface area contributed by atoms with Gasteiger partial charge < -0.3 is 14.4 Å². The van der Waals surface area contributed by atoms with Gasteiger partial charge in [-0.2, -0.15) is 5.26 Å². The van der Waals surface area contributed by atoms with Gasteiger partial charge in [0.25, 0.3) is 0 Å². The Hall–Kier alpha value is -3.85. The predicted octanol–water partition coefficient (Wildman–Crippen LogP) is 4.26. The highest BCUT2D eigenvalue weighted by Crippen LogP contribution is 2.23. The lowest BCUT2D eigenvalue weighted by atomic mass is 10.1. The van der Waals surface area contributed by atoms with E-state index in [4.69, 9.17) is 5.26 Å². The highest BCUT2D eigenvalue weighted by molar-refractivity contribution is 5.96. The van der Waals surface area contributed by atoms with E-state index < -0.39 is 0 Å². The molecule has 1 fully saturated rings. The number of fused-ring (bicyclic) bond motifs is 1. The molecule has 0 aliphatic carbocycles. The molecule has 174 valence electrons. The number of hydrogen-bond donors (Lipinski definition) is 0. The molecule has 0 atom stereocenters. The van der Waals surface area contributed by atoms with Crippen LogP contribution in [0.15, 0.2) is 66.9 Å². The van der Waals surface area contributed by atoms with Crippen LogP contribution in [0.4, 0.5) is 0 Å². The van der Waals surface area contributed by atoms with Crippen LogP contribution in [0.5, 0.6) is 0 Å². The number of aryl methyl sites for hydroxylation is 2. The Kier molecular flexibility index (Phi) is 7.77. The number of carbonyl (C=O) groups is 2. The fraction of sp³-hybridized carbons (Fsp3) is 0.321. The maximum absolute atomic E-state index is 12.8. The van der Waals surface area contributed by atoms with Crippen LogP contribution in [0, 0.1) is 11.3 Å². The van der Waals surface area contributed by atoms with E-state index in [0.717, 1.165) is 29.3 Å². The smallest absolute Gasteiger partial charge is 0.246 e. The quantitative estimate of drug-likeness (QED) is 0.478. The van der Waals surface area contributed by atoms with E-state index in [2.05, 4.69) is 22.8 Å². The Balaban J connectivity index is 1.28. The van der Waals surface area contributed by atoms with Gasteiger partial charge in [0.2, 0.25) is 11.8 Å². The summed E-state index contributed by atoms with van der Waals surface area (Å²) in [6, 6.07) is 20.4. The van der Waals surface area contributed by atoms with E-state index in [1.165, 1.54) is 5.56 Å². The Morgan fingerprint density at radius 2 is 1.65 bits per heavy atom. The molecule has 6 nitrogen and oxygen atoms in total. The van der Waals surface area contributed by atoms with Crippen molar-refractivity contribution in [1.82, 2.24) is 14.4 Å². The minimum absolute atomic E-state index is 0.0370. The Labute approximate surface area is 200 Å². The Bertz CT molecular complexity index is 1200. The summed E-state index contributed by atoms with van der Waals surface area (Å²) in [4.78, 5) is 29.0. The lowest BCUT2D eigenvalue weighted by molar-refractivity contribution is -0.137. The summed E-state index contributed by atoms with van der Waals surface area (Å²) in [6.45, 7) is 2.89. The molecule has 2 heterocycles.